The van der Waals surface area contributed by atoms with Gasteiger partial charge < -0.3 is 10.3 Å². The van der Waals surface area contributed by atoms with E-state index >= 15 is 0 Å². The van der Waals surface area contributed by atoms with Crippen molar-refractivity contribution in [2.24, 2.45) is 0 Å². The van der Waals surface area contributed by atoms with E-state index in [4.69, 9.17) is 0 Å². The normalized spacial score (nSPS) is 13.2. The zero-order chi connectivity index (χ0) is 12.7. The topological polar surface area (TPSA) is 57.8 Å². The molecule has 0 saturated heterocycles. The summed E-state index contributed by atoms with van der Waals surface area (Å²) in [4.78, 5) is 17.7. The number of nitrogens with one attached hydrogen (secondary N) is 2. The molecular weight excluding hydrogens is 240 g/mol. The Kier molecular flexibility index (Phi) is 2.36. The molecule has 0 bridgehead atoms. The Hall–Kier alpha value is -2.24. The highest BCUT2D eigenvalue weighted by molar-refractivity contribution is 5.70. The number of H-pyrrole nitrogens is 1. The predicted octanol–water partition coefficient (Wildman–Crippen LogP) is 1.68. The minimum absolute atomic E-state index is 0.177. The van der Waals surface area contributed by atoms with Gasteiger partial charge in [0.2, 0.25) is 0 Å². The van der Waals surface area contributed by atoms with Crippen LogP contribution in [0.25, 0.3) is 11.3 Å². The lowest BCUT2D eigenvalue weighted by molar-refractivity contribution is 0.585. The van der Waals surface area contributed by atoms with Crippen LogP contribution in [0.5, 0.6) is 0 Å². The standard InChI is InChI=1S/C12H9F2N3O/c13-6-1-2-7(9(14)5-6)10-8-3-4-15-11(8)17-12(18)16-10/h1-2,5H,3-4H2,(H2,15,16,17,18). The quantitative estimate of drug-likeness (QED) is 0.808. The molecule has 0 spiro atoms. The fourth-order valence-electron chi connectivity index (χ4n) is 2.12. The third kappa shape index (κ3) is 1.66. The Morgan fingerprint density at radius 1 is 1.28 bits per heavy atom. The molecule has 0 saturated carbocycles. The molecule has 6 heteroatoms. The largest absolute Gasteiger partial charge is 0.369 e. The number of rotatable bonds is 1. The number of aromatic amines is 1. The van der Waals surface area contributed by atoms with E-state index in [0.29, 0.717) is 24.5 Å². The van der Waals surface area contributed by atoms with Gasteiger partial charge in [0.1, 0.15) is 17.5 Å². The summed E-state index contributed by atoms with van der Waals surface area (Å²) in [7, 11) is 0. The van der Waals surface area contributed by atoms with Crippen molar-refractivity contribution in [1.29, 1.82) is 0 Å². The fraction of sp³-hybridized carbons (Fsp3) is 0.167. The van der Waals surface area contributed by atoms with Crippen molar-refractivity contribution in [2.45, 2.75) is 6.42 Å². The van der Waals surface area contributed by atoms with Crippen LogP contribution in [0.3, 0.4) is 0 Å². The molecule has 0 fully saturated rings. The van der Waals surface area contributed by atoms with Gasteiger partial charge in [-0.15, -0.1) is 0 Å². The van der Waals surface area contributed by atoms with Crippen molar-refractivity contribution in [3.8, 4) is 11.3 Å². The van der Waals surface area contributed by atoms with Crippen LogP contribution in [0.4, 0.5) is 14.6 Å². The molecule has 2 N–H and O–H groups in total. The Labute approximate surface area is 101 Å². The summed E-state index contributed by atoms with van der Waals surface area (Å²) in [6.07, 6.45) is 0.644. The zero-order valence-electron chi connectivity index (χ0n) is 9.26. The van der Waals surface area contributed by atoms with Crippen LogP contribution in [0.15, 0.2) is 23.0 Å². The van der Waals surface area contributed by atoms with E-state index in [1.165, 1.54) is 6.07 Å². The van der Waals surface area contributed by atoms with Crippen molar-refractivity contribution in [2.75, 3.05) is 11.9 Å². The third-order valence-corrected chi connectivity index (χ3v) is 2.90. The van der Waals surface area contributed by atoms with Crippen molar-refractivity contribution in [1.82, 2.24) is 9.97 Å². The summed E-state index contributed by atoms with van der Waals surface area (Å²) in [6, 6.07) is 3.27. The Morgan fingerprint density at radius 3 is 2.89 bits per heavy atom. The highest BCUT2D eigenvalue weighted by Crippen LogP contribution is 2.30. The molecule has 1 aromatic carbocycles. The molecule has 0 radical (unpaired) electrons. The van der Waals surface area contributed by atoms with Gasteiger partial charge in [-0.3, -0.25) is 0 Å². The van der Waals surface area contributed by atoms with Gasteiger partial charge in [0.05, 0.1) is 5.69 Å². The maximum Gasteiger partial charge on any atom is 0.347 e. The zero-order valence-corrected chi connectivity index (χ0v) is 9.26. The van der Waals surface area contributed by atoms with Gasteiger partial charge in [-0.2, -0.15) is 4.98 Å². The molecule has 0 unspecified atom stereocenters. The van der Waals surface area contributed by atoms with Crippen LogP contribution in [-0.4, -0.2) is 16.5 Å². The molecule has 92 valence electrons. The van der Waals surface area contributed by atoms with E-state index in [-0.39, 0.29) is 5.56 Å². The molecule has 2 heterocycles. The maximum atomic E-state index is 13.7. The number of anilines is 1. The molecule has 0 amide bonds. The molecule has 18 heavy (non-hydrogen) atoms. The summed E-state index contributed by atoms with van der Waals surface area (Å²) < 4.78 is 26.6. The summed E-state index contributed by atoms with van der Waals surface area (Å²) >= 11 is 0. The van der Waals surface area contributed by atoms with Crippen molar-refractivity contribution in [3.05, 3.63) is 45.9 Å². The first kappa shape index (κ1) is 10.9. The van der Waals surface area contributed by atoms with Gasteiger partial charge in [-0.1, -0.05) is 0 Å². The first-order valence-electron chi connectivity index (χ1n) is 5.47. The number of hydrogen-bond donors (Lipinski definition) is 2. The van der Waals surface area contributed by atoms with Crippen molar-refractivity contribution >= 4 is 5.82 Å². The van der Waals surface area contributed by atoms with Crippen LogP contribution < -0.4 is 11.0 Å². The Bertz CT molecular complexity index is 682. The second-order valence-electron chi connectivity index (χ2n) is 4.05. The molecule has 4 nitrogen and oxygen atoms in total. The Morgan fingerprint density at radius 2 is 2.11 bits per heavy atom. The SMILES string of the molecule is O=c1nc2c(c(-c3ccc(F)cc3F)[nH]1)CCN2. The summed E-state index contributed by atoms with van der Waals surface area (Å²) in [5.41, 5.74) is 0.741. The second kappa shape index (κ2) is 3.90. The van der Waals surface area contributed by atoms with Crippen LogP contribution >= 0.6 is 0 Å². The second-order valence-corrected chi connectivity index (χ2v) is 4.05. The van der Waals surface area contributed by atoms with E-state index in [2.05, 4.69) is 15.3 Å². The van der Waals surface area contributed by atoms with Crippen molar-refractivity contribution < 1.29 is 8.78 Å². The number of aromatic nitrogens is 2. The molecule has 1 aliphatic rings. The van der Waals surface area contributed by atoms with Gasteiger partial charge in [-0.25, -0.2) is 13.6 Å². The molecule has 0 atom stereocenters. The number of benzene rings is 1. The fourth-order valence-corrected chi connectivity index (χ4v) is 2.12. The molecule has 3 rings (SSSR count). The summed E-state index contributed by atoms with van der Waals surface area (Å²) in [6.45, 7) is 0.648. The minimum Gasteiger partial charge on any atom is -0.369 e. The van der Waals surface area contributed by atoms with E-state index in [9.17, 15) is 13.6 Å². The number of hydrogen-bond acceptors (Lipinski definition) is 3. The van der Waals surface area contributed by atoms with Crippen LogP contribution in [-0.2, 0) is 6.42 Å². The van der Waals surface area contributed by atoms with Gasteiger partial charge in [0.15, 0.2) is 0 Å². The van der Waals surface area contributed by atoms with Gasteiger partial charge >= 0.3 is 5.69 Å². The van der Waals surface area contributed by atoms with E-state index in [1.54, 1.807) is 0 Å². The van der Waals surface area contributed by atoms with Crippen molar-refractivity contribution in [3.63, 3.8) is 0 Å². The summed E-state index contributed by atoms with van der Waals surface area (Å²) in [5.74, 6) is -0.883. The number of halogens is 2. The Balaban J connectivity index is 2.26. The van der Waals surface area contributed by atoms with E-state index in [1.807, 2.05) is 0 Å². The maximum absolute atomic E-state index is 13.7. The first-order chi connectivity index (χ1) is 8.65. The minimum atomic E-state index is -0.703. The smallest absolute Gasteiger partial charge is 0.347 e. The van der Waals surface area contributed by atoms with Crippen LogP contribution in [0, 0.1) is 11.6 Å². The average Bonchev–Trinajstić information content (AvgIpc) is 2.76. The lowest BCUT2D eigenvalue weighted by Crippen LogP contribution is -2.14. The van der Waals surface area contributed by atoms with E-state index in [0.717, 1.165) is 17.7 Å². The molecular formula is C12H9F2N3O. The molecule has 1 aliphatic heterocycles. The lowest BCUT2D eigenvalue weighted by Gasteiger charge is -2.07. The molecule has 1 aromatic heterocycles. The highest BCUT2D eigenvalue weighted by Gasteiger charge is 2.20. The average molecular weight is 249 g/mol. The predicted molar refractivity (Wildman–Crippen MR) is 62.4 cm³/mol. The lowest BCUT2D eigenvalue weighted by atomic mass is 10.1. The van der Waals surface area contributed by atoms with Crippen LogP contribution in [0.2, 0.25) is 0 Å². The van der Waals surface area contributed by atoms with E-state index < -0.39 is 17.3 Å². The third-order valence-electron chi connectivity index (χ3n) is 2.90. The number of fused-ring (bicyclic) bond motifs is 1. The monoisotopic (exact) mass is 249 g/mol. The molecule has 2 aromatic rings. The highest BCUT2D eigenvalue weighted by atomic mass is 19.1. The van der Waals surface area contributed by atoms with Crippen LogP contribution in [0.1, 0.15) is 5.56 Å². The first-order valence-corrected chi connectivity index (χ1v) is 5.47. The summed E-state index contributed by atoms with van der Waals surface area (Å²) in [5, 5.41) is 2.95. The van der Waals surface area contributed by atoms with Gasteiger partial charge in [-0.05, 0) is 18.6 Å². The molecule has 0 aliphatic carbocycles. The van der Waals surface area contributed by atoms with Gasteiger partial charge in [0.25, 0.3) is 0 Å². The number of nitrogens with zero attached hydrogens (tertiary/aromatic N) is 1. The van der Waals surface area contributed by atoms with Gasteiger partial charge in [0, 0.05) is 23.7 Å².